The highest BCUT2D eigenvalue weighted by molar-refractivity contribution is 5.48. The minimum absolute atomic E-state index is 0.580. The number of rotatable bonds is 8. The van der Waals surface area contributed by atoms with Gasteiger partial charge >= 0.3 is 0 Å². The molecule has 0 amide bonds. The molecule has 0 aliphatic carbocycles. The molecule has 2 aromatic rings. The molecule has 0 saturated heterocycles. The van der Waals surface area contributed by atoms with Gasteiger partial charge in [0.25, 0.3) is 0 Å². The molecule has 23 heavy (non-hydrogen) atoms. The SMILES string of the molecule is CC(C)CCOc1cccc(NCc2ccc(C(C)C)cc2)c1. The van der Waals surface area contributed by atoms with E-state index in [1.807, 2.05) is 12.1 Å². The summed E-state index contributed by atoms with van der Waals surface area (Å²) in [5, 5.41) is 3.47. The molecule has 0 aliphatic rings. The zero-order valence-corrected chi connectivity index (χ0v) is 14.8. The summed E-state index contributed by atoms with van der Waals surface area (Å²) >= 11 is 0. The molecule has 0 saturated carbocycles. The van der Waals surface area contributed by atoms with Crippen molar-refractivity contribution in [2.45, 2.75) is 46.6 Å². The van der Waals surface area contributed by atoms with Crippen molar-refractivity contribution in [2.24, 2.45) is 5.92 Å². The molecule has 124 valence electrons. The van der Waals surface area contributed by atoms with E-state index in [-0.39, 0.29) is 0 Å². The van der Waals surface area contributed by atoms with Gasteiger partial charge in [-0.3, -0.25) is 0 Å². The van der Waals surface area contributed by atoms with Crippen LogP contribution in [0, 0.1) is 5.92 Å². The van der Waals surface area contributed by atoms with Crippen molar-refractivity contribution in [1.29, 1.82) is 0 Å². The van der Waals surface area contributed by atoms with Crippen molar-refractivity contribution in [3.63, 3.8) is 0 Å². The van der Waals surface area contributed by atoms with Gasteiger partial charge in [-0.2, -0.15) is 0 Å². The summed E-state index contributed by atoms with van der Waals surface area (Å²) in [5.74, 6) is 2.19. The lowest BCUT2D eigenvalue weighted by Gasteiger charge is -2.11. The highest BCUT2D eigenvalue weighted by Crippen LogP contribution is 2.19. The molecule has 0 radical (unpaired) electrons. The van der Waals surface area contributed by atoms with Gasteiger partial charge < -0.3 is 10.1 Å². The zero-order chi connectivity index (χ0) is 16.7. The van der Waals surface area contributed by atoms with E-state index < -0.39 is 0 Å². The second kappa shape index (κ2) is 8.61. The fourth-order valence-electron chi connectivity index (χ4n) is 2.33. The molecule has 2 aromatic carbocycles. The van der Waals surface area contributed by atoms with E-state index in [0.29, 0.717) is 11.8 Å². The number of benzene rings is 2. The first-order valence-corrected chi connectivity index (χ1v) is 8.60. The average Bonchev–Trinajstić information content (AvgIpc) is 2.53. The number of anilines is 1. The molecule has 2 heteroatoms. The van der Waals surface area contributed by atoms with E-state index >= 15 is 0 Å². The molecule has 0 aromatic heterocycles. The predicted octanol–water partition coefficient (Wildman–Crippen LogP) is 5.85. The van der Waals surface area contributed by atoms with Crippen molar-refractivity contribution in [3.05, 3.63) is 59.7 Å². The second-order valence-corrected chi connectivity index (χ2v) is 6.81. The van der Waals surface area contributed by atoms with Crippen LogP contribution in [0.15, 0.2) is 48.5 Å². The number of ether oxygens (including phenoxy) is 1. The van der Waals surface area contributed by atoms with Gasteiger partial charge in [-0.1, -0.05) is 58.0 Å². The Balaban J connectivity index is 1.87. The fraction of sp³-hybridized carbons (Fsp3) is 0.429. The lowest BCUT2D eigenvalue weighted by atomic mass is 10.0. The smallest absolute Gasteiger partial charge is 0.121 e. The van der Waals surface area contributed by atoms with E-state index in [0.717, 1.165) is 31.0 Å². The Hall–Kier alpha value is -1.96. The van der Waals surface area contributed by atoms with Crippen LogP contribution in [-0.4, -0.2) is 6.61 Å². The summed E-state index contributed by atoms with van der Waals surface area (Å²) < 4.78 is 5.81. The first-order chi connectivity index (χ1) is 11.0. The lowest BCUT2D eigenvalue weighted by Crippen LogP contribution is -2.03. The van der Waals surface area contributed by atoms with Crippen LogP contribution in [-0.2, 0) is 6.54 Å². The maximum atomic E-state index is 5.81. The third-order valence-corrected chi connectivity index (χ3v) is 3.94. The predicted molar refractivity (Wildman–Crippen MR) is 99.2 cm³/mol. The summed E-state index contributed by atoms with van der Waals surface area (Å²) in [5.41, 5.74) is 3.77. The molecule has 2 nitrogen and oxygen atoms in total. The summed E-state index contributed by atoms with van der Waals surface area (Å²) in [4.78, 5) is 0. The average molecular weight is 311 g/mol. The van der Waals surface area contributed by atoms with Gasteiger partial charge in [0.2, 0.25) is 0 Å². The van der Waals surface area contributed by atoms with Crippen molar-refractivity contribution < 1.29 is 4.74 Å². The molecular weight excluding hydrogens is 282 g/mol. The summed E-state index contributed by atoms with van der Waals surface area (Å²) in [6.45, 7) is 10.5. The number of nitrogens with one attached hydrogen (secondary N) is 1. The normalized spacial score (nSPS) is 11.0. The van der Waals surface area contributed by atoms with Gasteiger partial charge in [0.1, 0.15) is 5.75 Å². The highest BCUT2D eigenvalue weighted by Gasteiger charge is 2.01. The third-order valence-electron chi connectivity index (χ3n) is 3.94. The van der Waals surface area contributed by atoms with Crippen LogP contribution in [0.2, 0.25) is 0 Å². The Morgan fingerprint density at radius 3 is 2.35 bits per heavy atom. The van der Waals surface area contributed by atoms with Crippen molar-refractivity contribution in [1.82, 2.24) is 0 Å². The minimum atomic E-state index is 0.580. The topological polar surface area (TPSA) is 21.3 Å². The van der Waals surface area contributed by atoms with Crippen molar-refractivity contribution in [2.75, 3.05) is 11.9 Å². The van der Waals surface area contributed by atoms with Gasteiger partial charge in [-0.25, -0.2) is 0 Å². The van der Waals surface area contributed by atoms with Crippen LogP contribution in [0.1, 0.15) is 51.2 Å². The van der Waals surface area contributed by atoms with Gasteiger partial charge in [0, 0.05) is 18.3 Å². The molecule has 0 unspecified atom stereocenters. The van der Waals surface area contributed by atoms with Crippen molar-refractivity contribution >= 4 is 5.69 Å². The standard InChI is InChI=1S/C21H29NO/c1-16(2)12-13-23-21-7-5-6-20(14-21)22-15-18-8-10-19(11-9-18)17(3)4/h5-11,14,16-17,22H,12-13,15H2,1-4H3. The Bertz CT molecular complexity index is 587. The first kappa shape index (κ1) is 17.4. The molecule has 0 heterocycles. The maximum Gasteiger partial charge on any atom is 0.121 e. The number of hydrogen-bond acceptors (Lipinski definition) is 2. The van der Waals surface area contributed by atoms with E-state index in [2.05, 4.69) is 69.4 Å². The van der Waals surface area contributed by atoms with Crippen LogP contribution in [0.5, 0.6) is 5.75 Å². The Morgan fingerprint density at radius 1 is 0.957 bits per heavy atom. The Labute approximate surface area is 140 Å². The third kappa shape index (κ3) is 5.97. The maximum absolute atomic E-state index is 5.81. The van der Waals surface area contributed by atoms with Gasteiger partial charge in [-0.15, -0.1) is 0 Å². The quantitative estimate of drug-likeness (QED) is 0.660. The van der Waals surface area contributed by atoms with E-state index in [9.17, 15) is 0 Å². The van der Waals surface area contributed by atoms with E-state index in [1.165, 1.54) is 11.1 Å². The molecule has 0 fully saturated rings. The molecule has 0 aliphatic heterocycles. The summed E-state index contributed by atoms with van der Waals surface area (Å²) in [6.07, 6.45) is 1.08. The van der Waals surface area contributed by atoms with Crippen LogP contribution < -0.4 is 10.1 Å². The molecule has 0 spiro atoms. The van der Waals surface area contributed by atoms with Crippen LogP contribution in [0.3, 0.4) is 0 Å². The largest absolute Gasteiger partial charge is 0.494 e. The second-order valence-electron chi connectivity index (χ2n) is 6.81. The Kier molecular flexibility index (Phi) is 6.52. The minimum Gasteiger partial charge on any atom is -0.494 e. The van der Waals surface area contributed by atoms with Crippen LogP contribution in [0.25, 0.3) is 0 Å². The van der Waals surface area contributed by atoms with Gasteiger partial charge in [-0.05, 0) is 41.5 Å². The molecule has 2 rings (SSSR count). The monoisotopic (exact) mass is 311 g/mol. The molecule has 0 atom stereocenters. The van der Waals surface area contributed by atoms with Gasteiger partial charge in [0.05, 0.1) is 6.61 Å². The van der Waals surface area contributed by atoms with Gasteiger partial charge in [0.15, 0.2) is 0 Å². The highest BCUT2D eigenvalue weighted by atomic mass is 16.5. The van der Waals surface area contributed by atoms with Crippen LogP contribution in [0.4, 0.5) is 5.69 Å². The lowest BCUT2D eigenvalue weighted by molar-refractivity contribution is 0.289. The van der Waals surface area contributed by atoms with E-state index in [1.54, 1.807) is 0 Å². The summed E-state index contributed by atoms with van der Waals surface area (Å²) in [6, 6.07) is 17.0. The van der Waals surface area contributed by atoms with Crippen LogP contribution >= 0.6 is 0 Å². The molecule has 1 N–H and O–H groups in total. The zero-order valence-electron chi connectivity index (χ0n) is 14.8. The van der Waals surface area contributed by atoms with E-state index in [4.69, 9.17) is 4.74 Å². The number of hydrogen-bond donors (Lipinski definition) is 1. The molecular formula is C21H29NO. The van der Waals surface area contributed by atoms with Crippen molar-refractivity contribution in [3.8, 4) is 5.75 Å². The first-order valence-electron chi connectivity index (χ1n) is 8.60. The molecule has 0 bridgehead atoms. The summed E-state index contributed by atoms with van der Waals surface area (Å²) in [7, 11) is 0. The Morgan fingerprint density at radius 2 is 1.70 bits per heavy atom. The fourth-order valence-corrected chi connectivity index (χ4v) is 2.33.